The highest BCUT2D eigenvalue weighted by atomic mass is 35.5. The fourth-order valence-corrected chi connectivity index (χ4v) is 3.38. The number of pyridine rings is 1. The average Bonchev–Trinajstić information content (AvgIpc) is 2.96. The van der Waals surface area contributed by atoms with Gasteiger partial charge in [-0.05, 0) is 39.2 Å². The predicted octanol–water partition coefficient (Wildman–Crippen LogP) is 3.65. The molecule has 0 bridgehead atoms. The van der Waals surface area contributed by atoms with Crippen LogP contribution in [0.15, 0.2) is 12.3 Å². The largest absolute Gasteiger partial charge is 0.377 e. The van der Waals surface area contributed by atoms with Gasteiger partial charge < -0.3 is 14.4 Å². The Labute approximate surface area is 147 Å². The number of halogens is 1. The van der Waals surface area contributed by atoms with E-state index in [1.807, 2.05) is 31.6 Å². The molecule has 0 aromatic carbocycles. The fraction of sp³-hybridized carbons (Fsp3) is 0.647. The molecule has 6 nitrogen and oxygen atoms in total. The molecule has 7 heteroatoms. The van der Waals surface area contributed by atoms with Crippen LogP contribution >= 0.6 is 11.6 Å². The Hall–Kier alpha value is -1.37. The molecule has 1 fully saturated rings. The van der Waals surface area contributed by atoms with Crippen molar-refractivity contribution < 1.29 is 9.47 Å². The Morgan fingerprint density at radius 3 is 2.92 bits per heavy atom. The Bertz CT molecular complexity index is 710. The van der Waals surface area contributed by atoms with Crippen LogP contribution in [0.1, 0.15) is 39.3 Å². The number of methoxy groups -OCH3 is 1. The zero-order valence-corrected chi connectivity index (χ0v) is 15.5. The minimum Gasteiger partial charge on any atom is -0.377 e. The second-order valence-corrected chi connectivity index (χ2v) is 7.26. The SMILES string of the molecule is COC(C)(C)CN(C)c1nn(C2CCCCO2)c2ccnc(Cl)c12. The summed E-state index contributed by atoms with van der Waals surface area (Å²) in [5, 5.41) is 6.16. The number of ether oxygens (including phenoxy) is 2. The third-order valence-electron chi connectivity index (χ3n) is 4.52. The van der Waals surface area contributed by atoms with Crippen molar-refractivity contribution in [3.05, 3.63) is 17.4 Å². The lowest BCUT2D eigenvalue weighted by Crippen LogP contribution is -2.38. The van der Waals surface area contributed by atoms with Gasteiger partial charge in [-0.2, -0.15) is 5.10 Å². The third kappa shape index (κ3) is 3.36. The van der Waals surface area contributed by atoms with Crippen LogP contribution in [0.4, 0.5) is 5.82 Å². The molecule has 1 aliphatic heterocycles. The Kier molecular flexibility index (Phi) is 4.99. The lowest BCUT2D eigenvalue weighted by Gasteiger charge is -2.29. The minimum atomic E-state index is -0.291. The van der Waals surface area contributed by atoms with E-state index < -0.39 is 0 Å². The fourth-order valence-electron chi connectivity index (χ4n) is 3.14. The molecule has 2 aromatic heterocycles. The summed E-state index contributed by atoms with van der Waals surface area (Å²) >= 11 is 6.40. The maximum atomic E-state index is 6.40. The molecule has 0 amide bonds. The normalized spacial score (nSPS) is 19.0. The summed E-state index contributed by atoms with van der Waals surface area (Å²) in [4.78, 5) is 6.31. The maximum absolute atomic E-state index is 6.40. The number of likely N-dealkylation sites (N-methyl/N-ethyl adjacent to an activating group) is 1. The van der Waals surface area contributed by atoms with Crippen molar-refractivity contribution in [2.45, 2.75) is 44.9 Å². The van der Waals surface area contributed by atoms with Crippen LogP contribution in [0.5, 0.6) is 0 Å². The van der Waals surface area contributed by atoms with Crippen LogP contribution in [-0.2, 0) is 9.47 Å². The molecule has 0 aliphatic carbocycles. The van der Waals surface area contributed by atoms with Crippen molar-refractivity contribution >= 4 is 28.3 Å². The smallest absolute Gasteiger partial charge is 0.161 e. The van der Waals surface area contributed by atoms with E-state index in [1.54, 1.807) is 13.3 Å². The summed E-state index contributed by atoms with van der Waals surface area (Å²) in [6.45, 7) is 5.55. The number of rotatable bonds is 5. The standard InChI is InChI=1S/C17H25ClN4O2/c1-17(2,23-4)11-21(3)16-14-12(8-9-19-15(14)18)22(20-16)13-7-5-6-10-24-13/h8-9,13H,5-7,10-11H2,1-4H3. The van der Waals surface area contributed by atoms with Gasteiger partial charge in [0, 0.05) is 33.5 Å². The monoisotopic (exact) mass is 352 g/mol. The predicted molar refractivity (Wildman–Crippen MR) is 95.7 cm³/mol. The minimum absolute atomic E-state index is 0.0442. The van der Waals surface area contributed by atoms with Gasteiger partial charge in [0.1, 0.15) is 5.15 Å². The molecule has 1 saturated heterocycles. The molecule has 24 heavy (non-hydrogen) atoms. The zero-order valence-electron chi connectivity index (χ0n) is 14.8. The van der Waals surface area contributed by atoms with Gasteiger partial charge in [0.2, 0.25) is 0 Å². The molecular weight excluding hydrogens is 328 g/mol. The molecule has 0 radical (unpaired) electrons. The molecular formula is C17H25ClN4O2. The molecule has 0 saturated carbocycles. The van der Waals surface area contributed by atoms with Gasteiger partial charge in [-0.15, -0.1) is 0 Å². The molecule has 3 heterocycles. The summed E-state index contributed by atoms with van der Waals surface area (Å²) in [5.41, 5.74) is 0.667. The van der Waals surface area contributed by atoms with E-state index >= 15 is 0 Å². The van der Waals surface area contributed by atoms with E-state index in [0.717, 1.165) is 42.6 Å². The second kappa shape index (κ2) is 6.86. The molecule has 1 aliphatic rings. The molecule has 0 N–H and O–H groups in total. The Morgan fingerprint density at radius 1 is 1.46 bits per heavy atom. The van der Waals surface area contributed by atoms with Crippen molar-refractivity contribution in [3.8, 4) is 0 Å². The molecule has 1 unspecified atom stereocenters. The summed E-state index contributed by atoms with van der Waals surface area (Å²) in [6, 6.07) is 1.95. The lowest BCUT2D eigenvalue weighted by molar-refractivity contribution is -0.0366. The molecule has 0 spiro atoms. The average molecular weight is 353 g/mol. The lowest BCUT2D eigenvalue weighted by atomic mass is 10.1. The van der Waals surface area contributed by atoms with E-state index in [9.17, 15) is 0 Å². The number of aromatic nitrogens is 3. The number of fused-ring (bicyclic) bond motifs is 1. The van der Waals surface area contributed by atoms with Crippen LogP contribution < -0.4 is 4.90 Å². The third-order valence-corrected chi connectivity index (χ3v) is 4.80. The molecule has 2 aromatic rings. The summed E-state index contributed by atoms with van der Waals surface area (Å²) in [6.07, 6.45) is 4.88. The Balaban J connectivity index is 2.04. The van der Waals surface area contributed by atoms with Crippen molar-refractivity contribution in [1.29, 1.82) is 0 Å². The van der Waals surface area contributed by atoms with Gasteiger partial charge in [0.25, 0.3) is 0 Å². The van der Waals surface area contributed by atoms with Crippen LogP contribution in [0, 0.1) is 0 Å². The number of anilines is 1. The first-order valence-electron chi connectivity index (χ1n) is 8.33. The van der Waals surface area contributed by atoms with Crippen LogP contribution in [0.2, 0.25) is 5.15 Å². The van der Waals surface area contributed by atoms with Gasteiger partial charge in [-0.25, -0.2) is 9.67 Å². The quantitative estimate of drug-likeness (QED) is 0.769. The summed E-state index contributed by atoms with van der Waals surface area (Å²) < 4.78 is 13.4. The highest BCUT2D eigenvalue weighted by Crippen LogP contribution is 2.35. The van der Waals surface area contributed by atoms with Crippen molar-refractivity contribution in [1.82, 2.24) is 14.8 Å². The molecule has 1 atom stereocenters. The van der Waals surface area contributed by atoms with E-state index in [-0.39, 0.29) is 11.8 Å². The van der Waals surface area contributed by atoms with Gasteiger partial charge >= 0.3 is 0 Å². The molecule has 132 valence electrons. The first kappa shape index (κ1) is 17.5. The van der Waals surface area contributed by atoms with Crippen LogP contribution in [0.3, 0.4) is 0 Å². The van der Waals surface area contributed by atoms with Crippen molar-refractivity contribution in [3.63, 3.8) is 0 Å². The number of nitrogens with zero attached hydrogens (tertiary/aromatic N) is 4. The van der Waals surface area contributed by atoms with Crippen molar-refractivity contribution in [2.24, 2.45) is 0 Å². The number of hydrogen-bond acceptors (Lipinski definition) is 5. The van der Waals surface area contributed by atoms with Gasteiger partial charge in [-0.1, -0.05) is 11.6 Å². The van der Waals surface area contributed by atoms with Crippen LogP contribution in [0.25, 0.3) is 10.9 Å². The summed E-state index contributed by atoms with van der Waals surface area (Å²) in [7, 11) is 3.72. The highest BCUT2D eigenvalue weighted by Gasteiger charge is 2.26. The topological polar surface area (TPSA) is 52.4 Å². The van der Waals surface area contributed by atoms with Crippen LogP contribution in [-0.4, -0.2) is 47.7 Å². The first-order chi connectivity index (χ1) is 11.4. The van der Waals surface area contributed by atoms with Gasteiger partial charge in [0.05, 0.1) is 16.5 Å². The van der Waals surface area contributed by atoms with E-state index in [0.29, 0.717) is 11.7 Å². The van der Waals surface area contributed by atoms with Gasteiger partial charge in [0.15, 0.2) is 12.0 Å². The highest BCUT2D eigenvalue weighted by molar-refractivity contribution is 6.35. The molecule has 3 rings (SSSR count). The first-order valence-corrected chi connectivity index (χ1v) is 8.71. The van der Waals surface area contributed by atoms with E-state index in [4.69, 9.17) is 26.2 Å². The summed E-state index contributed by atoms with van der Waals surface area (Å²) in [5.74, 6) is 0.808. The second-order valence-electron chi connectivity index (χ2n) is 6.91. The Morgan fingerprint density at radius 2 is 2.25 bits per heavy atom. The van der Waals surface area contributed by atoms with Crippen molar-refractivity contribution in [2.75, 3.05) is 32.2 Å². The maximum Gasteiger partial charge on any atom is 0.161 e. The van der Waals surface area contributed by atoms with E-state index in [1.165, 1.54) is 0 Å². The van der Waals surface area contributed by atoms with E-state index in [2.05, 4.69) is 9.88 Å². The zero-order chi connectivity index (χ0) is 17.3. The number of hydrogen-bond donors (Lipinski definition) is 0. The van der Waals surface area contributed by atoms with Gasteiger partial charge in [-0.3, -0.25) is 0 Å².